The molecule has 3 nitrogen and oxygen atoms in total. The number of nitrogens with one attached hydrogen (secondary N) is 2. The topological polar surface area (TPSA) is 41.1 Å². The van der Waals surface area contributed by atoms with E-state index in [2.05, 4.69) is 10.6 Å². The SMILES string of the molecule is Cc1ccc(NC(=O)C(=S)Nc2ccc(C)cc2)cc1. The van der Waals surface area contributed by atoms with Crippen molar-refractivity contribution in [2.24, 2.45) is 0 Å². The number of aryl methyl sites for hydroxylation is 2. The molecule has 4 heteroatoms. The zero-order valence-corrected chi connectivity index (χ0v) is 12.3. The van der Waals surface area contributed by atoms with Crippen LogP contribution in [-0.2, 0) is 4.79 Å². The molecule has 2 aromatic rings. The maximum atomic E-state index is 12.0. The molecular formula is C16H16N2OS. The number of rotatable bonds is 2. The van der Waals surface area contributed by atoms with Crippen LogP contribution < -0.4 is 10.6 Å². The summed E-state index contributed by atoms with van der Waals surface area (Å²) in [6, 6.07) is 15.3. The maximum Gasteiger partial charge on any atom is 0.283 e. The molecule has 0 aliphatic heterocycles. The first-order valence-corrected chi connectivity index (χ1v) is 6.71. The third-order valence-electron chi connectivity index (χ3n) is 2.83. The van der Waals surface area contributed by atoms with Crippen molar-refractivity contribution in [3.8, 4) is 0 Å². The fourth-order valence-corrected chi connectivity index (χ4v) is 1.82. The molecule has 0 unspecified atom stereocenters. The maximum absolute atomic E-state index is 12.0. The van der Waals surface area contributed by atoms with E-state index in [1.165, 1.54) is 0 Å². The van der Waals surface area contributed by atoms with Crippen LogP contribution in [0.4, 0.5) is 11.4 Å². The highest BCUT2D eigenvalue weighted by molar-refractivity contribution is 7.82. The Balaban J connectivity index is 1.96. The van der Waals surface area contributed by atoms with Crippen molar-refractivity contribution >= 4 is 34.5 Å². The summed E-state index contributed by atoms with van der Waals surface area (Å²) in [5.41, 5.74) is 3.84. The molecule has 0 aromatic heterocycles. The summed E-state index contributed by atoms with van der Waals surface area (Å²) in [6.07, 6.45) is 0. The quantitative estimate of drug-likeness (QED) is 0.827. The van der Waals surface area contributed by atoms with Gasteiger partial charge in [0.15, 0.2) is 4.99 Å². The van der Waals surface area contributed by atoms with Crippen LogP contribution in [0, 0.1) is 13.8 Å². The Bertz CT molecular complexity index is 560. The Morgan fingerprint density at radius 3 is 1.65 bits per heavy atom. The molecule has 2 rings (SSSR count). The highest BCUT2D eigenvalue weighted by atomic mass is 32.1. The van der Waals surface area contributed by atoms with Gasteiger partial charge in [0, 0.05) is 11.4 Å². The highest BCUT2D eigenvalue weighted by Crippen LogP contribution is 2.11. The van der Waals surface area contributed by atoms with Gasteiger partial charge in [-0.1, -0.05) is 47.6 Å². The highest BCUT2D eigenvalue weighted by Gasteiger charge is 2.09. The molecule has 0 aliphatic carbocycles. The molecule has 0 bridgehead atoms. The Hall–Kier alpha value is -2.20. The van der Waals surface area contributed by atoms with Crippen LogP contribution in [0.15, 0.2) is 48.5 Å². The van der Waals surface area contributed by atoms with Gasteiger partial charge >= 0.3 is 0 Å². The van der Waals surface area contributed by atoms with E-state index in [0.29, 0.717) is 0 Å². The number of hydrogen-bond acceptors (Lipinski definition) is 2. The normalized spacial score (nSPS) is 9.90. The Morgan fingerprint density at radius 2 is 1.20 bits per heavy atom. The van der Waals surface area contributed by atoms with Crippen LogP contribution in [0.1, 0.15) is 11.1 Å². The molecule has 0 fully saturated rings. The van der Waals surface area contributed by atoms with E-state index < -0.39 is 0 Å². The molecule has 20 heavy (non-hydrogen) atoms. The first-order chi connectivity index (χ1) is 9.54. The summed E-state index contributed by atoms with van der Waals surface area (Å²) in [6.45, 7) is 4.00. The van der Waals surface area contributed by atoms with Gasteiger partial charge in [0.25, 0.3) is 5.91 Å². The van der Waals surface area contributed by atoms with Crippen molar-refractivity contribution in [3.05, 3.63) is 59.7 Å². The van der Waals surface area contributed by atoms with Gasteiger partial charge in [-0.2, -0.15) is 0 Å². The van der Waals surface area contributed by atoms with E-state index in [1.807, 2.05) is 62.4 Å². The van der Waals surface area contributed by atoms with Crippen LogP contribution in [0.3, 0.4) is 0 Å². The van der Waals surface area contributed by atoms with Crippen molar-refractivity contribution in [1.29, 1.82) is 0 Å². The van der Waals surface area contributed by atoms with Gasteiger partial charge in [-0.15, -0.1) is 0 Å². The second-order valence-corrected chi connectivity index (χ2v) is 5.05. The molecular weight excluding hydrogens is 268 g/mol. The minimum absolute atomic E-state index is 0.148. The summed E-state index contributed by atoms with van der Waals surface area (Å²) in [5.74, 6) is -0.315. The van der Waals surface area contributed by atoms with Gasteiger partial charge in [-0.05, 0) is 38.1 Å². The fraction of sp³-hybridized carbons (Fsp3) is 0.125. The number of carbonyl (C=O) groups is 1. The molecule has 0 aliphatic rings. The largest absolute Gasteiger partial charge is 0.342 e. The van der Waals surface area contributed by atoms with Crippen molar-refractivity contribution in [1.82, 2.24) is 0 Å². The zero-order valence-electron chi connectivity index (χ0n) is 11.4. The molecule has 0 spiro atoms. The fourth-order valence-electron chi connectivity index (χ4n) is 1.65. The number of amides is 1. The lowest BCUT2D eigenvalue weighted by Crippen LogP contribution is -2.27. The number of hydrogen-bond donors (Lipinski definition) is 2. The van der Waals surface area contributed by atoms with Crippen molar-refractivity contribution in [2.45, 2.75) is 13.8 Å². The standard InChI is InChI=1S/C16H16N2OS/c1-11-3-7-13(8-4-11)17-15(19)16(20)18-14-9-5-12(2)6-10-14/h3-10H,1-2H3,(H,17,19)(H,18,20). The first kappa shape index (κ1) is 14.2. The number of carbonyl (C=O) groups excluding carboxylic acids is 1. The van der Waals surface area contributed by atoms with Gasteiger partial charge in [0.2, 0.25) is 0 Å². The number of anilines is 2. The van der Waals surface area contributed by atoms with E-state index in [1.54, 1.807) is 0 Å². The van der Waals surface area contributed by atoms with Gasteiger partial charge in [-0.3, -0.25) is 4.79 Å². The van der Waals surface area contributed by atoms with Crippen LogP contribution >= 0.6 is 12.2 Å². The molecule has 2 aromatic carbocycles. The molecule has 1 amide bonds. The Labute approximate surface area is 124 Å². The van der Waals surface area contributed by atoms with Gasteiger partial charge in [0.05, 0.1) is 0 Å². The van der Waals surface area contributed by atoms with E-state index in [9.17, 15) is 4.79 Å². The lowest BCUT2D eigenvalue weighted by molar-refractivity contribution is -0.110. The predicted molar refractivity (Wildman–Crippen MR) is 87.2 cm³/mol. The molecule has 0 atom stereocenters. The average Bonchev–Trinajstić information content (AvgIpc) is 2.44. The minimum Gasteiger partial charge on any atom is -0.342 e. The monoisotopic (exact) mass is 284 g/mol. The third kappa shape index (κ3) is 3.90. The number of thiocarbonyl (C=S) groups is 1. The third-order valence-corrected chi connectivity index (χ3v) is 3.11. The van der Waals surface area contributed by atoms with Crippen LogP contribution in [0.5, 0.6) is 0 Å². The second-order valence-electron chi connectivity index (χ2n) is 4.64. The lowest BCUT2D eigenvalue weighted by atomic mass is 10.2. The van der Waals surface area contributed by atoms with Crippen molar-refractivity contribution in [3.63, 3.8) is 0 Å². The van der Waals surface area contributed by atoms with Crippen LogP contribution in [0.25, 0.3) is 0 Å². The molecule has 0 saturated heterocycles. The summed E-state index contributed by atoms with van der Waals surface area (Å²) in [4.78, 5) is 12.1. The zero-order chi connectivity index (χ0) is 14.5. The van der Waals surface area contributed by atoms with Gasteiger partial charge < -0.3 is 10.6 Å². The Morgan fingerprint density at radius 1 is 0.800 bits per heavy atom. The van der Waals surface area contributed by atoms with Crippen molar-refractivity contribution < 1.29 is 4.79 Å². The number of benzene rings is 2. The van der Waals surface area contributed by atoms with Gasteiger partial charge in [0.1, 0.15) is 0 Å². The van der Waals surface area contributed by atoms with E-state index in [0.717, 1.165) is 22.5 Å². The molecule has 0 heterocycles. The molecule has 0 saturated carbocycles. The van der Waals surface area contributed by atoms with Crippen molar-refractivity contribution in [2.75, 3.05) is 10.6 Å². The van der Waals surface area contributed by atoms with Crippen LogP contribution in [-0.4, -0.2) is 10.9 Å². The molecule has 2 N–H and O–H groups in total. The summed E-state index contributed by atoms with van der Waals surface area (Å²) in [5, 5.41) is 5.68. The van der Waals surface area contributed by atoms with E-state index in [-0.39, 0.29) is 10.9 Å². The van der Waals surface area contributed by atoms with Gasteiger partial charge in [-0.25, -0.2) is 0 Å². The van der Waals surface area contributed by atoms with E-state index in [4.69, 9.17) is 12.2 Å². The average molecular weight is 284 g/mol. The first-order valence-electron chi connectivity index (χ1n) is 6.30. The minimum atomic E-state index is -0.315. The second kappa shape index (κ2) is 6.30. The summed E-state index contributed by atoms with van der Waals surface area (Å²) in [7, 11) is 0. The smallest absolute Gasteiger partial charge is 0.283 e. The predicted octanol–water partition coefficient (Wildman–Crippen LogP) is 3.68. The molecule has 102 valence electrons. The summed E-state index contributed by atoms with van der Waals surface area (Å²) < 4.78 is 0. The van der Waals surface area contributed by atoms with E-state index >= 15 is 0 Å². The Kier molecular flexibility index (Phi) is 4.48. The summed E-state index contributed by atoms with van der Waals surface area (Å²) >= 11 is 5.09. The lowest BCUT2D eigenvalue weighted by Gasteiger charge is -2.09. The van der Waals surface area contributed by atoms with Crippen LogP contribution in [0.2, 0.25) is 0 Å². The molecule has 0 radical (unpaired) electrons.